The number of likely N-dealkylation sites (N-methyl/N-ethyl adjacent to an activating group) is 1. The second kappa shape index (κ2) is 21.9. The number of allylic oxidation sites excluding steroid dienone is 1. The maximum absolute atomic E-state index is 12.5. The molecular weight excluding hydrogens is 432 g/mol. The molecule has 0 saturated heterocycles. The first-order valence-electron chi connectivity index (χ1n) is 15.2. The molecule has 0 bridgehead atoms. The summed E-state index contributed by atoms with van der Waals surface area (Å²) in [6.07, 6.45) is 29.4. The fourth-order valence-corrected chi connectivity index (χ4v) is 5.38. The first kappa shape index (κ1) is 31.7. The Morgan fingerprint density at radius 2 is 1.20 bits per heavy atom. The van der Waals surface area contributed by atoms with Crippen molar-refractivity contribution in [1.29, 1.82) is 0 Å². The quantitative estimate of drug-likeness (QED) is 0.130. The molecule has 1 saturated carbocycles. The molecule has 0 unspecified atom stereocenters. The van der Waals surface area contributed by atoms with E-state index in [0.29, 0.717) is 5.92 Å². The van der Waals surface area contributed by atoms with Crippen LogP contribution in [0.3, 0.4) is 0 Å². The van der Waals surface area contributed by atoms with E-state index in [2.05, 4.69) is 12.2 Å². The molecular formula is C31H58N2O2. The minimum absolute atomic E-state index is 0.0752. The van der Waals surface area contributed by atoms with Gasteiger partial charge < -0.3 is 10.2 Å². The second-order valence-corrected chi connectivity index (χ2v) is 11.0. The van der Waals surface area contributed by atoms with Crippen LogP contribution in [-0.4, -0.2) is 36.9 Å². The average Bonchev–Trinajstić information content (AvgIpc) is 2.86. The molecule has 0 radical (unpaired) electrons. The first-order valence-corrected chi connectivity index (χ1v) is 15.2. The van der Waals surface area contributed by atoms with Gasteiger partial charge in [-0.3, -0.25) is 9.59 Å². The smallest absolute Gasteiger partial charge is 0.245 e. The number of carbonyl (C=O) groups is 2. The van der Waals surface area contributed by atoms with Crippen LogP contribution < -0.4 is 5.32 Å². The Morgan fingerprint density at radius 1 is 0.743 bits per heavy atom. The van der Waals surface area contributed by atoms with Crippen LogP contribution in [0.25, 0.3) is 0 Å². The summed E-state index contributed by atoms with van der Waals surface area (Å²) < 4.78 is 0. The van der Waals surface area contributed by atoms with Gasteiger partial charge in [0.1, 0.15) is 0 Å². The fraction of sp³-hybridized carbons (Fsp3) is 0.871. The summed E-state index contributed by atoms with van der Waals surface area (Å²) in [4.78, 5) is 26.2. The largest absolute Gasteiger partial charge is 0.356 e. The molecule has 0 spiro atoms. The molecule has 35 heavy (non-hydrogen) atoms. The Morgan fingerprint density at radius 3 is 1.66 bits per heavy atom. The predicted octanol–water partition coefficient (Wildman–Crippen LogP) is 8.21. The maximum Gasteiger partial charge on any atom is 0.245 e. The number of nitrogens with one attached hydrogen (secondary N) is 1. The first-order chi connectivity index (χ1) is 17.1. The summed E-state index contributed by atoms with van der Waals surface area (Å²) in [6.45, 7) is 5.79. The highest BCUT2D eigenvalue weighted by atomic mass is 16.2. The molecule has 0 aromatic carbocycles. The number of amides is 2. The predicted molar refractivity (Wildman–Crippen MR) is 150 cm³/mol. The zero-order valence-electron chi connectivity index (χ0n) is 23.6. The standard InChI is InChI=1S/C31H58N2O2/c1-4-6-7-8-9-10-11-12-13-14-15-16-17-18-19-20-26-32-31(35)29-24-22-28(23-25-29)27-33(3)30(34)21-5-2/h5,21,28-29H,4,6-20,22-27H2,1-3H3,(H,32,35)/b21-5-. The Labute approximate surface area is 218 Å². The number of hydrogen-bond donors (Lipinski definition) is 1. The fourth-order valence-electron chi connectivity index (χ4n) is 5.38. The highest BCUT2D eigenvalue weighted by Crippen LogP contribution is 2.29. The van der Waals surface area contributed by atoms with E-state index in [4.69, 9.17) is 0 Å². The Balaban J connectivity index is 1.88. The molecule has 0 aromatic heterocycles. The minimum Gasteiger partial charge on any atom is -0.356 e. The molecule has 0 heterocycles. The summed E-state index contributed by atoms with van der Waals surface area (Å²) in [5.74, 6) is 1.02. The third kappa shape index (κ3) is 16.9. The number of rotatable bonds is 21. The highest BCUT2D eigenvalue weighted by Gasteiger charge is 2.27. The summed E-state index contributed by atoms with van der Waals surface area (Å²) in [7, 11) is 1.87. The zero-order chi connectivity index (χ0) is 25.6. The number of unbranched alkanes of at least 4 members (excludes halogenated alkanes) is 15. The van der Waals surface area contributed by atoms with E-state index < -0.39 is 0 Å². The van der Waals surface area contributed by atoms with Gasteiger partial charge in [0.05, 0.1) is 0 Å². The second-order valence-electron chi connectivity index (χ2n) is 11.0. The van der Waals surface area contributed by atoms with Crippen LogP contribution in [0.5, 0.6) is 0 Å². The van der Waals surface area contributed by atoms with Gasteiger partial charge in [-0.25, -0.2) is 0 Å². The van der Waals surface area contributed by atoms with Gasteiger partial charge in [0.2, 0.25) is 11.8 Å². The summed E-state index contributed by atoms with van der Waals surface area (Å²) >= 11 is 0. The van der Waals surface area contributed by atoms with Crippen LogP contribution in [0.15, 0.2) is 12.2 Å². The summed E-state index contributed by atoms with van der Waals surface area (Å²) in [5.41, 5.74) is 0. The SMILES string of the molecule is C/C=C\C(=O)N(C)CC1CCC(C(=O)NCCCCCCCCCCCCCCCCCC)CC1. The summed E-state index contributed by atoms with van der Waals surface area (Å²) in [5, 5.41) is 3.18. The van der Waals surface area contributed by atoms with Crippen LogP contribution in [0.4, 0.5) is 0 Å². The zero-order valence-corrected chi connectivity index (χ0v) is 23.6. The van der Waals surface area contributed by atoms with Gasteiger partial charge in [0.25, 0.3) is 0 Å². The van der Waals surface area contributed by atoms with Gasteiger partial charge in [-0.05, 0) is 51.0 Å². The number of nitrogens with zero attached hydrogens (tertiary/aromatic N) is 1. The number of carbonyl (C=O) groups excluding carboxylic acids is 2. The molecule has 0 aromatic rings. The monoisotopic (exact) mass is 490 g/mol. The van der Waals surface area contributed by atoms with Crippen molar-refractivity contribution in [2.75, 3.05) is 20.1 Å². The van der Waals surface area contributed by atoms with E-state index in [9.17, 15) is 9.59 Å². The lowest BCUT2D eigenvalue weighted by Gasteiger charge is -2.30. The van der Waals surface area contributed by atoms with Crippen molar-refractivity contribution >= 4 is 11.8 Å². The van der Waals surface area contributed by atoms with Crippen LogP contribution in [-0.2, 0) is 9.59 Å². The maximum atomic E-state index is 12.5. The van der Waals surface area contributed by atoms with Crippen molar-refractivity contribution in [2.45, 2.75) is 142 Å². The third-order valence-corrected chi connectivity index (χ3v) is 7.76. The molecule has 1 rings (SSSR count). The van der Waals surface area contributed by atoms with Crippen molar-refractivity contribution in [3.8, 4) is 0 Å². The Bertz CT molecular complexity index is 552. The van der Waals surface area contributed by atoms with Gasteiger partial charge >= 0.3 is 0 Å². The van der Waals surface area contributed by atoms with E-state index in [1.807, 2.05) is 18.9 Å². The molecule has 1 aliphatic rings. The molecule has 4 nitrogen and oxygen atoms in total. The molecule has 2 amide bonds. The van der Waals surface area contributed by atoms with Crippen molar-refractivity contribution in [3.05, 3.63) is 12.2 Å². The van der Waals surface area contributed by atoms with Crippen molar-refractivity contribution in [1.82, 2.24) is 10.2 Å². The molecule has 0 atom stereocenters. The van der Waals surface area contributed by atoms with Gasteiger partial charge in [-0.1, -0.05) is 109 Å². The normalized spacial score (nSPS) is 18.1. The van der Waals surface area contributed by atoms with E-state index >= 15 is 0 Å². The lowest BCUT2D eigenvalue weighted by Crippen LogP contribution is -2.36. The van der Waals surface area contributed by atoms with E-state index in [1.54, 1.807) is 12.2 Å². The lowest BCUT2D eigenvalue weighted by molar-refractivity contribution is -0.128. The van der Waals surface area contributed by atoms with E-state index in [0.717, 1.165) is 45.2 Å². The van der Waals surface area contributed by atoms with E-state index in [-0.39, 0.29) is 17.7 Å². The molecule has 4 heteroatoms. The van der Waals surface area contributed by atoms with Gasteiger partial charge in [0.15, 0.2) is 0 Å². The molecule has 1 N–H and O–H groups in total. The molecule has 204 valence electrons. The highest BCUT2D eigenvalue weighted by molar-refractivity contribution is 5.87. The summed E-state index contributed by atoms with van der Waals surface area (Å²) in [6, 6.07) is 0. The van der Waals surface area contributed by atoms with Crippen LogP contribution in [0.1, 0.15) is 142 Å². The molecule has 1 aliphatic carbocycles. The van der Waals surface area contributed by atoms with Crippen molar-refractivity contribution in [2.24, 2.45) is 11.8 Å². The van der Waals surface area contributed by atoms with Gasteiger partial charge in [-0.2, -0.15) is 0 Å². The minimum atomic E-state index is 0.0752. The third-order valence-electron chi connectivity index (χ3n) is 7.76. The topological polar surface area (TPSA) is 49.4 Å². The average molecular weight is 491 g/mol. The van der Waals surface area contributed by atoms with Crippen molar-refractivity contribution in [3.63, 3.8) is 0 Å². The van der Waals surface area contributed by atoms with Crippen LogP contribution in [0.2, 0.25) is 0 Å². The Hall–Kier alpha value is -1.32. The lowest BCUT2D eigenvalue weighted by atomic mass is 9.81. The number of hydrogen-bond acceptors (Lipinski definition) is 2. The van der Waals surface area contributed by atoms with E-state index in [1.165, 1.54) is 96.3 Å². The van der Waals surface area contributed by atoms with Gasteiger partial charge in [0, 0.05) is 26.1 Å². The van der Waals surface area contributed by atoms with Crippen LogP contribution >= 0.6 is 0 Å². The Kier molecular flexibility index (Phi) is 19.9. The molecule has 1 fully saturated rings. The van der Waals surface area contributed by atoms with Crippen molar-refractivity contribution < 1.29 is 9.59 Å². The molecule has 0 aliphatic heterocycles. The van der Waals surface area contributed by atoms with Gasteiger partial charge in [-0.15, -0.1) is 0 Å². The van der Waals surface area contributed by atoms with Crippen LogP contribution in [0, 0.1) is 11.8 Å².